The fourth-order valence-corrected chi connectivity index (χ4v) is 4.65. The quantitative estimate of drug-likeness (QED) is 0.626. The molecular formula is C24H29ClN2O2. The van der Waals surface area contributed by atoms with E-state index in [-0.39, 0.29) is 12.1 Å². The molecule has 1 saturated carbocycles. The van der Waals surface area contributed by atoms with Crippen molar-refractivity contribution in [2.75, 3.05) is 13.7 Å². The first-order valence-electron chi connectivity index (χ1n) is 10.6. The van der Waals surface area contributed by atoms with Crippen LogP contribution in [-0.4, -0.2) is 25.6 Å². The molecule has 0 bridgehead atoms. The number of nitrogens with one attached hydrogen (secondary N) is 1. The van der Waals surface area contributed by atoms with E-state index in [0.29, 0.717) is 6.61 Å². The van der Waals surface area contributed by atoms with Crippen LogP contribution in [0.4, 0.5) is 0 Å². The van der Waals surface area contributed by atoms with E-state index in [9.17, 15) is 0 Å². The third-order valence-corrected chi connectivity index (χ3v) is 6.25. The Hall–Kier alpha value is -2.20. The van der Waals surface area contributed by atoms with Crippen LogP contribution in [0.2, 0.25) is 5.02 Å². The van der Waals surface area contributed by atoms with Gasteiger partial charge in [-0.25, -0.2) is 0 Å². The summed E-state index contributed by atoms with van der Waals surface area (Å²) in [5, 5.41) is 4.45. The maximum Gasteiger partial charge on any atom is 0.133 e. The normalized spacial score (nSPS) is 21.7. The molecule has 1 aliphatic heterocycles. The predicted octanol–water partition coefficient (Wildman–Crippen LogP) is 5.79. The molecule has 0 spiro atoms. The van der Waals surface area contributed by atoms with E-state index >= 15 is 0 Å². The third kappa shape index (κ3) is 4.53. The van der Waals surface area contributed by atoms with E-state index in [1.54, 1.807) is 7.11 Å². The second-order valence-electron chi connectivity index (χ2n) is 7.90. The van der Waals surface area contributed by atoms with Crippen molar-refractivity contribution in [3.63, 3.8) is 0 Å². The summed E-state index contributed by atoms with van der Waals surface area (Å²) in [6.07, 6.45) is 6.45. The highest BCUT2D eigenvalue weighted by Crippen LogP contribution is 2.37. The molecule has 0 saturated heterocycles. The van der Waals surface area contributed by atoms with Crippen LogP contribution in [0, 0.1) is 5.92 Å². The molecule has 0 radical (unpaired) electrons. The van der Waals surface area contributed by atoms with Crippen molar-refractivity contribution in [2.24, 2.45) is 10.9 Å². The molecule has 1 N–H and O–H groups in total. The topological polar surface area (TPSA) is 42.9 Å². The van der Waals surface area contributed by atoms with Crippen LogP contribution >= 0.6 is 11.6 Å². The van der Waals surface area contributed by atoms with E-state index in [0.717, 1.165) is 40.3 Å². The van der Waals surface area contributed by atoms with Gasteiger partial charge in [0.1, 0.15) is 17.3 Å². The first-order chi connectivity index (χ1) is 14.2. The van der Waals surface area contributed by atoms with E-state index in [1.165, 1.54) is 31.2 Å². The molecule has 4 rings (SSSR count). The molecule has 0 aromatic heterocycles. The summed E-state index contributed by atoms with van der Waals surface area (Å²) in [6.45, 7) is 2.59. The van der Waals surface area contributed by atoms with E-state index in [1.807, 2.05) is 37.3 Å². The number of ether oxygens (including phenoxy) is 2. The third-order valence-electron chi connectivity index (χ3n) is 5.99. The SMILES string of the molecule is CCOc1cc(OC)ccc1C1=NC(CC2CCCC2)C(c2ccc(Cl)cc2)N1. The van der Waals surface area contributed by atoms with Crippen molar-refractivity contribution in [1.29, 1.82) is 0 Å². The Morgan fingerprint density at radius 2 is 1.86 bits per heavy atom. The van der Waals surface area contributed by atoms with Crippen LogP contribution in [0.25, 0.3) is 0 Å². The molecule has 29 heavy (non-hydrogen) atoms. The molecule has 4 nitrogen and oxygen atoms in total. The molecule has 1 heterocycles. The van der Waals surface area contributed by atoms with E-state index in [4.69, 9.17) is 26.1 Å². The first kappa shape index (κ1) is 20.1. The van der Waals surface area contributed by atoms with Gasteiger partial charge in [-0.3, -0.25) is 4.99 Å². The molecule has 2 aromatic carbocycles. The Labute approximate surface area is 178 Å². The highest BCUT2D eigenvalue weighted by molar-refractivity contribution is 6.30. The zero-order valence-electron chi connectivity index (χ0n) is 17.2. The van der Waals surface area contributed by atoms with E-state index < -0.39 is 0 Å². The number of halogens is 1. The molecule has 1 aliphatic carbocycles. The van der Waals surface area contributed by atoms with Crippen molar-refractivity contribution in [3.05, 3.63) is 58.6 Å². The number of rotatable bonds is 7. The van der Waals surface area contributed by atoms with Crippen LogP contribution < -0.4 is 14.8 Å². The Balaban J connectivity index is 1.65. The fourth-order valence-electron chi connectivity index (χ4n) is 4.52. The maximum atomic E-state index is 6.12. The fraction of sp³-hybridized carbons (Fsp3) is 0.458. The lowest BCUT2D eigenvalue weighted by molar-refractivity contribution is 0.335. The number of amidine groups is 1. The van der Waals surface area contributed by atoms with Gasteiger partial charge in [-0.2, -0.15) is 0 Å². The lowest BCUT2D eigenvalue weighted by atomic mass is 9.91. The highest BCUT2D eigenvalue weighted by Gasteiger charge is 2.34. The molecule has 0 amide bonds. The van der Waals surface area contributed by atoms with Gasteiger partial charge in [0.15, 0.2) is 0 Å². The number of hydrogen-bond acceptors (Lipinski definition) is 4. The predicted molar refractivity (Wildman–Crippen MR) is 118 cm³/mol. The zero-order chi connectivity index (χ0) is 20.2. The Morgan fingerprint density at radius 1 is 1.10 bits per heavy atom. The molecule has 2 unspecified atom stereocenters. The van der Waals surface area contributed by atoms with Gasteiger partial charge in [-0.15, -0.1) is 0 Å². The van der Waals surface area contributed by atoms with Crippen molar-refractivity contribution in [3.8, 4) is 11.5 Å². The molecule has 154 valence electrons. The Bertz CT molecular complexity index is 860. The van der Waals surface area contributed by atoms with Crippen LogP contribution in [-0.2, 0) is 0 Å². The molecule has 1 fully saturated rings. The van der Waals surface area contributed by atoms with Gasteiger partial charge < -0.3 is 14.8 Å². The van der Waals surface area contributed by atoms with Crippen molar-refractivity contribution < 1.29 is 9.47 Å². The standard InChI is InChI=1S/C24H29ClN2O2/c1-3-29-22-15-19(28-2)12-13-20(22)24-26-21(14-16-6-4-5-7-16)23(27-24)17-8-10-18(25)11-9-17/h8-13,15-16,21,23H,3-7,14H2,1-2H3,(H,26,27). The van der Waals surface area contributed by atoms with Crippen molar-refractivity contribution >= 4 is 17.4 Å². The van der Waals surface area contributed by atoms with Crippen LogP contribution in [0.3, 0.4) is 0 Å². The lowest BCUT2D eigenvalue weighted by Gasteiger charge is -2.22. The van der Waals surface area contributed by atoms with Crippen molar-refractivity contribution in [1.82, 2.24) is 5.32 Å². The second kappa shape index (κ2) is 9.08. The van der Waals surface area contributed by atoms with Gasteiger partial charge in [0.25, 0.3) is 0 Å². The van der Waals surface area contributed by atoms with Gasteiger partial charge in [0.05, 0.1) is 31.4 Å². The smallest absolute Gasteiger partial charge is 0.133 e. The van der Waals surface area contributed by atoms with Crippen LogP contribution in [0.15, 0.2) is 47.5 Å². The minimum Gasteiger partial charge on any atom is -0.497 e. The largest absolute Gasteiger partial charge is 0.497 e. The number of benzene rings is 2. The first-order valence-corrected chi connectivity index (χ1v) is 11.0. The maximum absolute atomic E-state index is 6.12. The minimum absolute atomic E-state index is 0.152. The van der Waals surface area contributed by atoms with Gasteiger partial charge in [0.2, 0.25) is 0 Å². The Kier molecular flexibility index (Phi) is 6.29. The molecule has 5 heteroatoms. The number of hydrogen-bond donors (Lipinski definition) is 1. The summed E-state index contributed by atoms with van der Waals surface area (Å²) in [5.41, 5.74) is 2.21. The molecule has 2 aromatic rings. The lowest BCUT2D eigenvalue weighted by Crippen LogP contribution is -2.28. The number of nitrogens with zero attached hydrogens (tertiary/aromatic N) is 1. The summed E-state index contributed by atoms with van der Waals surface area (Å²) in [6, 6.07) is 14.4. The summed E-state index contributed by atoms with van der Waals surface area (Å²) in [7, 11) is 1.67. The summed E-state index contributed by atoms with van der Waals surface area (Å²) < 4.78 is 11.3. The zero-order valence-corrected chi connectivity index (χ0v) is 17.9. The van der Waals surface area contributed by atoms with E-state index in [2.05, 4.69) is 17.4 Å². The highest BCUT2D eigenvalue weighted by atomic mass is 35.5. The summed E-state index contributed by atoms with van der Waals surface area (Å²) in [4.78, 5) is 5.15. The monoisotopic (exact) mass is 412 g/mol. The Morgan fingerprint density at radius 3 is 2.55 bits per heavy atom. The second-order valence-corrected chi connectivity index (χ2v) is 8.34. The van der Waals surface area contributed by atoms with Crippen molar-refractivity contribution in [2.45, 2.75) is 51.1 Å². The number of aliphatic imine (C=N–C) groups is 1. The van der Waals surface area contributed by atoms with Gasteiger partial charge in [0, 0.05) is 11.1 Å². The number of methoxy groups -OCH3 is 1. The molecule has 2 atom stereocenters. The van der Waals surface area contributed by atoms with Crippen LogP contribution in [0.1, 0.15) is 56.2 Å². The summed E-state index contributed by atoms with van der Waals surface area (Å²) >= 11 is 6.12. The molecular weight excluding hydrogens is 384 g/mol. The van der Waals surface area contributed by atoms with Gasteiger partial charge >= 0.3 is 0 Å². The van der Waals surface area contributed by atoms with Crippen LogP contribution in [0.5, 0.6) is 11.5 Å². The average molecular weight is 413 g/mol. The van der Waals surface area contributed by atoms with Gasteiger partial charge in [-0.1, -0.05) is 49.4 Å². The van der Waals surface area contributed by atoms with Gasteiger partial charge in [-0.05, 0) is 49.1 Å². The summed E-state index contributed by atoms with van der Waals surface area (Å²) in [5.74, 6) is 3.25. The molecule has 2 aliphatic rings. The minimum atomic E-state index is 0.152. The average Bonchev–Trinajstić information content (AvgIpc) is 3.39.